The van der Waals surface area contributed by atoms with E-state index in [0.29, 0.717) is 19.4 Å². The van der Waals surface area contributed by atoms with Gasteiger partial charge in [0.1, 0.15) is 0 Å². The Balaban J connectivity index is 2.26. The van der Waals surface area contributed by atoms with Gasteiger partial charge in [0.25, 0.3) is 0 Å². The molecular formula is C11H18N2O2. The fourth-order valence-corrected chi connectivity index (χ4v) is 1.30. The Morgan fingerprint density at radius 2 is 2.40 bits per heavy atom. The zero-order valence-electron chi connectivity index (χ0n) is 9.23. The largest absolute Gasteiger partial charge is 0.393 e. The van der Waals surface area contributed by atoms with E-state index >= 15 is 0 Å². The lowest BCUT2D eigenvalue weighted by molar-refractivity contribution is -0.121. The maximum Gasteiger partial charge on any atom is 0.220 e. The average Bonchev–Trinajstić information content (AvgIpc) is 2.58. The van der Waals surface area contributed by atoms with Gasteiger partial charge >= 0.3 is 0 Å². The highest BCUT2D eigenvalue weighted by Gasteiger charge is 2.04. The zero-order valence-corrected chi connectivity index (χ0v) is 9.23. The monoisotopic (exact) mass is 210 g/mol. The first-order valence-electron chi connectivity index (χ1n) is 5.14. The fraction of sp³-hybridized carbons (Fsp3) is 0.545. The Bertz CT molecular complexity index is 318. The van der Waals surface area contributed by atoms with E-state index in [9.17, 15) is 4.79 Å². The second-order valence-electron chi connectivity index (χ2n) is 3.77. The second kappa shape index (κ2) is 5.56. The fourth-order valence-electron chi connectivity index (χ4n) is 1.30. The first-order chi connectivity index (χ1) is 7.09. The van der Waals surface area contributed by atoms with Crippen LogP contribution in [-0.4, -0.2) is 21.7 Å². The van der Waals surface area contributed by atoms with Crippen LogP contribution in [0.4, 0.5) is 0 Å². The van der Waals surface area contributed by atoms with Crippen LogP contribution in [0.5, 0.6) is 0 Å². The highest BCUT2D eigenvalue weighted by Crippen LogP contribution is 2.00. The molecular weight excluding hydrogens is 192 g/mol. The highest BCUT2D eigenvalue weighted by atomic mass is 16.3. The number of carbonyl (C=O) groups excluding carboxylic acids is 1. The van der Waals surface area contributed by atoms with Crippen molar-refractivity contribution in [2.45, 2.75) is 32.4 Å². The summed E-state index contributed by atoms with van der Waals surface area (Å²) >= 11 is 0. The molecule has 0 saturated carbocycles. The van der Waals surface area contributed by atoms with Crippen molar-refractivity contribution < 1.29 is 9.90 Å². The number of amides is 1. The molecule has 0 radical (unpaired) electrons. The van der Waals surface area contributed by atoms with Crippen LogP contribution in [0.25, 0.3) is 0 Å². The molecule has 4 nitrogen and oxygen atoms in total. The van der Waals surface area contributed by atoms with Crippen LogP contribution in [0, 0.1) is 0 Å². The number of rotatable bonds is 5. The van der Waals surface area contributed by atoms with E-state index < -0.39 is 6.10 Å². The Morgan fingerprint density at radius 1 is 1.67 bits per heavy atom. The summed E-state index contributed by atoms with van der Waals surface area (Å²) in [6, 6.07) is 3.91. The molecule has 1 heterocycles. The molecule has 0 aliphatic carbocycles. The minimum atomic E-state index is -0.411. The molecule has 0 aliphatic rings. The molecule has 1 atom stereocenters. The van der Waals surface area contributed by atoms with Crippen molar-refractivity contribution in [3.05, 3.63) is 24.0 Å². The van der Waals surface area contributed by atoms with Crippen LogP contribution in [0.1, 0.15) is 25.5 Å². The molecule has 2 N–H and O–H groups in total. The van der Waals surface area contributed by atoms with E-state index in [2.05, 4.69) is 5.32 Å². The molecule has 0 fully saturated rings. The number of hydrogen-bond acceptors (Lipinski definition) is 2. The summed E-state index contributed by atoms with van der Waals surface area (Å²) in [5.41, 5.74) is 1.07. The molecule has 1 aromatic rings. The number of nitrogens with zero attached hydrogens (tertiary/aromatic N) is 1. The predicted octanol–water partition coefficient (Wildman–Crippen LogP) is 0.802. The molecule has 1 aromatic heterocycles. The quantitative estimate of drug-likeness (QED) is 0.755. The summed E-state index contributed by atoms with van der Waals surface area (Å²) in [6.45, 7) is 2.23. The normalized spacial score (nSPS) is 12.5. The van der Waals surface area contributed by atoms with Crippen LogP contribution < -0.4 is 5.32 Å². The topological polar surface area (TPSA) is 54.3 Å². The Morgan fingerprint density at radius 3 is 2.93 bits per heavy atom. The lowest BCUT2D eigenvalue weighted by Crippen LogP contribution is -2.24. The Labute approximate surface area is 89.9 Å². The predicted molar refractivity (Wildman–Crippen MR) is 58.2 cm³/mol. The summed E-state index contributed by atoms with van der Waals surface area (Å²) in [5, 5.41) is 11.8. The number of nitrogens with one attached hydrogen (secondary N) is 1. The van der Waals surface area contributed by atoms with E-state index in [1.54, 1.807) is 6.92 Å². The number of aryl methyl sites for hydroxylation is 1. The molecule has 0 saturated heterocycles. The molecule has 4 heteroatoms. The van der Waals surface area contributed by atoms with Crippen molar-refractivity contribution in [3.63, 3.8) is 0 Å². The highest BCUT2D eigenvalue weighted by molar-refractivity contribution is 5.75. The van der Waals surface area contributed by atoms with Crippen molar-refractivity contribution in [3.8, 4) is 0 Å². The molecule has 0 bridgehead atoms. The van der Waals surface area contributed by atoms with Gasteiger partial charge in [-0.25, -0.2) is 0 Å². The number of aliphatic hydroxyl groups is 1. The number of aromatic nitrogens is 1. The summed E-state index contributed by atoms with van der Waals surface area (Å²) in [4.78, 5) is 11.3. The van der Waals surface area contributed by atoms with Crippen molar-refractivity contribution in [1.82, 2.24) is 9.88 Å². The Hall–Kier alpha value is -1.29. The molecule has 0 spiro atoms. The third-order valence-electron chi connectivity index (χ3n) is 2.31. The van der Waals surface area contributed by atoms with E-state index in [1.165, 1.54) is 0 Å². The summed E-state index contributed by atoms with van der Waals surface area (Å²) < 4.78 is 1.97. The molecule has 15 heavy (non-hydrogen) atoms. The van der Waals surface area contributed by atoms with E-state index in [4.69, 9.17) is 5.11 Å². The van der Waals surface area contributed by atoms with Gasteiger partial charge in [-0.3, -0.25) is 4.79 Å². The second-order valence-corrected chi connectivity index (χ2v) is 3.77. The molecule has 1 unspecified atom stereocenters. The standard InChI is InChI=1S/C11H18N2O2/c1-9(14)5-6-11(15)12-8-10-4-3-7-13(10)2/h3-4,7,9,14H,5-6,8H2,1-2H3,(H,12,15). The van der Waals surface area contributed by atoms with E-state index in [1.807, 2.05) is 29.9 Å². The lowest BCUT2D eigenvalue weighted by Gasteiger charge is -2.07. The van der Waals surface area contributed by atoms with Crippen LogP contribution in [0.15, 0.2) is 18.3 Å². The van der Waals surface area contributed by atoms with Gasteiger partial charge in [-0.05, 0) is 25.5 Å². The van der Waals surface area contributed by atoms with Gasteiger partial charge in [-0.15, -0.1) is 0 Å². The van der Waals surface area contributed by atoms with Gasteiger partial charge in [0.15, 0.2) is 0 Å². The lowest BCUT2D eigenvalue weighted by atomic mass is 10.2. The van der Waals surface area contributed by atoms with Crippen molar-refractivity contribution in [2.24, 2.45) is 7.05 Å². The van der Waals surface area contributed by atoms with Crippen molar-refractivity contribution >= 4 is 5.91 Å². The zero-order chi connectivity index (χ0) is 11.3. The van der Waals surface area contributed by atoms with Crippen LogP contribution in [0.3, 0.4) is 0 Å². The van der Waals surface area contributed by atoms with Gasteiger partial charge in [0, 0.05) is 25.4 Å². The number of aliphatic hydroxyl groups excluding tert-OH is 1. The SMILES string of the molecule is CC(O)CCC(=O)NCc1cccn1C. The van der Waals surface area contributed by atoms with E-state index in [-0.39, 0.29) is 5.91 Å². The minimum absolute atomic E-state index is 0.0166. The van der Waals surface area contributed by atoms with Gasteiger partial charge in [0.05, 0.1) is 12.6 Å². The first kappa shape index (κ1) is 11.8. The molecule has 0 aromatic carbocycles. The van der Waals surface area contributed by atoms with Crippen molar-refractivity contribution in [2.75, 3.05) is 0 Å². The molecule has 1 rings (SSSR count). The van der Waals surface area contributed by atoms with Gasteiger partial charge in [-0.1, -0.05) is 0 Å². The van der Waals surface area contributed by atoms with Crippen LogP contribution >= 0.6 is 0 Å². The summed E-state index contributed by atoms with van der Waals surface area (Å²) in [6.07, 6.45) is 2.42. The maximum atomic E-state index is 11.3. The summed E-state index contributed by atoms with van der Waals surface area (Å²) in [5.74, 6) is -0.0166. The summed E-state index contributed by atoms with van der Waals surface area (Å²) in [7, 11) is 1.94. The van der Waals surface area contributed by atoms with Crippen LogP contribution in [-0.2, 0) is 18.4 Å². The third kappa shape index (κ3) is 4.16. The number of carbonyl (C=O) groups is 1. The van der Waals surface area contributed by atoms with Crippen LogP contribution in [0.2, 0.25) is 0 Å². The smallest absolute Gasteiger partial charge is 0.220 e. The Kier molecular flexibility index (Phi) is 4.37. The van der Waals surface area contributed by atoms with Gasteiger partial charge in [-0.2, -0.15) is 0 Å². The molecule has 84 valence electrons. The average molecular weight is 210 g/mol. The van der Waals surface area contributed by atoms with Gasteiger partial charge < -0.3 is 15.0 Å². The third-order valence-corrected chi connectivity index (χ3v) is 2.31. The van der Waals surface area contributed by atoms with Crippen molar-refractivity contribution in [1.29, 1.82) is 0 Å². The number of hydrogen-bond donors (Lipinski definition) is 2. The van der Waals surface area contributed by atoms with E-state index in [0.717, 1.165) is 5.69 Å². The molecule has 0 aliphatic heterocycles. The maximum absolute atomic E-state index is 11.3. The molecule has 1 amide bonds. The minimum Gasteiger partial charge on any atom is -0.393 e. The first-order valence-corrected chi connectivity index (χ1v) is 5.14. The van der Waals surface area contributed by atoms with Gasteiger partial charge in [0.2, 0.25) is 5.91 Å².